The van der Waals surface area contributed by atoms with E-state index in [2.05, 4.69) is 6.58 Å². The summed E-state index contributed by atoms with van der Waals surface area (Å²) in [5.41, 5.74) is 0.897. The number of carbonyl (C=O) groups excluding carboxylic acids is 2. The first-order valence-electron chi connectivity index (χ1n) is 5.75. The van der Waals surface area contributed by atoms with Gasteiger partial charge in [-0.05, 0) is 12.1 Å². The number of benzene rings is 2. The Bertz CT molecular complexity index is 615. The van der Waals surface area contributed by atoms with Gasteiger partial charge in [0.2, 0.25) is 0 Å². The lowest BCUT2D eigenvalue weighted by molar-refractivity contribution is -0.128. The molecule has 2 aromatic carbocycles. The predicted molar refractivity (Wildman–Crippen MR) is 72.1 cm³/mol. The summed E-state index contributed by atoms with van der Waals surface area (Å²) in [5.74, 6) is -0.539. The number of ether oxygens (including phenoxy) is 1. The van der Waals surface area contributed by atoms with Crippen LogP contribution in [0.5, 0.6) is 5.75 Å². The molecule has 0 spiro atoms. The summed E-state index contributed by atoms with van der Waals surface area (Å²) in [7, 11) is 0. The van der Waals surface area contributed by atoms with Gasteiger partial charge in [-0.1, -0.05) is 49.0 Å². The van der Waals surface area contributed by atoms with Gasteiger partial charge in [-0.15, -0.1) is 0 Å². The van der Waals surface area contributed by atoms with Gasteiger partial charge in [0.15, 0.2) is 5.78 Å². The lowest BCUT2D eigenvalue weighted by Gasteiger charge is -2.07. The van der Waals surface area contributed by atoms with E-state index >= 15 is 0 Å². The summed E-state index contributed by atoms with van der Waals surface area (Å²) in [4.78, 5) is 23.6. The van der Waals surface area contributed by atoms with Crippen LogP contribution in [0.3, 0.4) is 0 Å². The number of ketones is 1. The van der Waals surface area contributed by atoms with Gasteiger partial charge in [-0.3, -0.25) is 4.79 Å². The fourth-order valence-corrected chi connectivity index (χ4v) is 1.64. The summed E-state index contributed by atoms with van der Waals surface area (Å²) >= 11 is 0. The smallest absolute Gasteiger partial charge is 0.335 e. The van der Waals surface area contributed by atoms with Crippen LogP contribution in [-0.4, -0.2) is 11.8 Å². The first-order valence-corrected chi connectivity index (χ1v) is 5.75. The highest BCUT2D eigenvalue weighted by Crippen LogP contribution is 2.21. The number of hydrogen-bond acceptors (Lipinski definition) is 3. The summed E-state index contributed by atoms with van der Waals surface area (Å²) in [5, 5.41) is 0. The molecule has 3 nitrogen and oxygen atoms in total. The van der Waals surface area contributed by atoms with E-state index in [-0.39, 0.29) is 11.5 Å². The molecule has 19 heavy (non-hydrogen) atoms. The molecule has 0 aliphatic heterocycles. The molecule has 0 heterocycles. The number of esters is 1. The van der Waals surface area contributed by atoms with Gasteiger partial charge in [-0.25, -0.2) is 4.79 Å². The second-order valence-electron chi connectivity index (χ2n) is 3.82. The molecule has 0 N–H and O–H groups in total. The number of carbonyl (C=O) groups is 2. The van der Waals surface area contributed by atoms with E-state index in [0.717, 1.165) is 6.08 Å². The largest absolute Gasteiger partial charge is 0.423 e. The Hall–Kier alpha value is -2.68. The summed E-state index contributed by atoms with van der Waals surface area (Å²) in [6, 6.07) is 15.5. The molecule has 2 rings (SSSR count). The number of hydrogen-bond donors (Lipinski definition) is 0. The molecule has 3 heteroatoms. The van der Waals surface area contributed by atoms with Crippen LogP contribution in [0.2, 0.25) is 0 Å². The molecule has 0 atom stereocenters. The van der Waals surface area contributed by atoms with E-state index in [1.807, 2.05) is 6.07 Å². The van der Waals surface area contributed by atoms with Crippen LogP contribution in [0, 0.1) is 0 Å². The molecule has 94 valence electrons. The highest BCUT2D eigenvalue weighted by Gasteiger charge is 2.15. The van der Waals surface area contributed by atoms with Crippen molar-refractivity contribution >= 4 is 11.8 Å². The number of rotatable bonds is 4. The van der Waals surface area contributed by atoms with Crippen LogP contribution < -0.4 is 4.74 Å². The zero-order valence-electron chi connectivity index (χ0n) is 10.2. The van der Waals surface area contributed by atoms with Crippen LogP contribution >= 0.6 is 0 Å². The Balaban J connectivity index is 2.37. The highest BCUT2D eigenvalue weighted by molar-refractivity contribution is 6.11. The van der Waals surface area contributed by atoms with Crippen LogP contribution in [-0.2, 0) is 4.79 Å². The first-order chi connectivity index (χ1) is 9.22. The standard InChI is InChI=1S/C16H12O3/c1-2-15(17)19-14-11-7-6-10-13(14)16(18)12-8-4-3-5-9-12/h2-11H,1H2. The van der Waals surface area contributed by atoms with Gasteiger partial charge in [0.05, 0.1) is 5.56 Å². The van der Waals surface area contributed by atoms with Crippen molar-refractivity contribution < 1.29 is 14.3 Å². The zero-order chi connectivity index (χ0) is 13.7. The lowest BCUT2D eigenvalue weighted by Crippen LogP contribution is -2.09. The van der Waals surface area contributed by atoms with Crippen LogP contribution in [0.1, 0.15) is 15.9 Å². The van der Waals surface area contributed by atoms with E-state index in [1.54, 1.807) is 48.5 Å². The fraction of sp³-hybridized carbons (Fsp3) is 0. The van der Waals surface area contributed by atoms with Crippen molar-refractivity contribution in [3.63, 3.8) is 0 Å². The van der Waals surface area contributed by atoms with Gasteiger partial charge >= 0.3 is 5.97 Å². The van der Waals surface area contributed by atoms with E-state index in [0.29, 0.717) is 11.1 Å². The van der Waals surface area contributed by atoms with Gasteiger partial charge in [-0.2, -0.15) is 0 Å². The summed E-state index contributed by atoms with van der Waals surface area (Å²) < 4.78 is 5.06. The SMILES string of the molecule is C=CC(=O)Oc1ccccc1C(=O)c1ccccc1. The first kappa shape index (κ1) is 12.8. The molecule has 0 aromatic heterocycles. The van der Waals surface area contributed by atoms with Crippen LogP contribution in [0.4, 0.5) is 0 Å². The normalized spacial score (nSPS) is 9.68. The third kappa shape index (κ3) is 2.96. The molecule has 0 bridgehead atoms. The third-order valence-corrected chi connectivity index (χ3v) is 2.54. The highest BCUT2D eigenvalue weighted by atomic mass is 16.5. The van der Waals surface area contributed by atoms with Crippen molar-refractivity contribution in [1.82, 2.24) is 0 Å². The molecular formula is C16H12O3. The molecule has 2 aromatic rings. The summed E-state index contributed by atoms with van der Waals surface area (Å²) in [6.07, 6.45) is 1.06. The molecule has 0 radical (unpaired) electrons. The maximum Gasteiger partial charge on any atom is 0.335 e. The average molecular weight is 252 g/mol. The fourth-order valence-electron chi connectivity index (χ4n) is 1.64. The molecule has 0 amide bonds. The van der Waals surface area contributed by atoms with Gasteiger partial charge in [0.1, 0.15) is 5.75 Å². The van der Waals surface area contributed by atoms with E-state index in [9.17, 15) is 9.59 Å². The minimum Gasteiger partial charge on any atom is -0.423 e. The van der Waals surface area contributed by atoms with E-state index in [4.69, 9.17) is 4.74 Å². The minimum absolute atomic E-state index is 0.187. The number of para-hydroxylation sites is 1. The Morgan fingerprint density at radius 1 is 0.947 bits per heavy atom. The Labute approximate surface area is 111 Å². The van der Waals surface area contributed by atoms with Crippen molar-refractivity contribution in [3.05, 3.63) is 78.4 Å². The van der Waals surface area contributed by atoms with Crippen molar-refractivity contribution in [3.8, 4) is 5.75 Å². The topological polar surface area (TPSA) is 43.4 Å². The van der Waals surface area contributed by atoms with Crippen molar-refractivity contribution in [1.29, 1.82) is 0 Å². The average Bonchev–Trinajstić information content (AvgIpc) is 2.48. The summed E-state index contributed by atoms with van der Waals surface area (Å²) in [6.45, 7) is 3.33. The zero-order valence-corrected chi connectivity index (χ0v) is 10.2. The molecular weight excluding hydrogens is 240 g/mol. The van der Waals surface area contributed by atoms with E-state index < -0.39 is 5.97 Å². The van der Waals surface area contributed by atoms with Crippen LogP contribution in [0.25, 0.3) is 0 Å². The molecule has 0 unspecified atom stereocenters. The van der Waals surface area contributed by atoms with Crippen molar-refractivity contribution in [2.24, 2.45) is 0 Å². The third-order valence-electron chi connectivity index (χ3n) is 2.54. The van der Waals surface area contributed by atoms with Crippen molar-refractivity contribution in [2.75, 3.05) is 0 Å². The van der Waals surface area contributed by atoms with Crippen LogP contribution in [0.15, 0.2) is 67.3 Å². The molecule has 0 aliphatic rings. The Morgan fingerprint density at radius 2 is 1.58 bits per heavy atom. The molecule has 0 saturated heterocycles. The molecule has 0 saturated carbocycles. The molecule has 0 aliphatic carbocycles. The van der Waals surface area contributed by atoms with Gasteiger partial charge < -0.3 is 4.74 Å². The second kappa shape index (κ2) is 5.78. The minimum atomic E-state index is -0.590. The lowest BCUT2D eigenvalue weighted by atomic mass is 10.0. The van der Waals surface area contributed by atoms with E-state index in [1.165, 1.54) is 0 Å². The predicted octanol–water partition coefficient (Wildman–Crippen LogP) is 3.01. The quantitative estimate of drug-likeness (QED) is 0.363. The van der Waals surface area contributed by atoms with Gasteiger partial charge in [0.25, 0.3) is 0 Å². The Kier molecular flexibility index (Phi) is 3.88. The van der Waals surface area contributed by atoms with Crippen molar-refractivity contribution in [2.45, 2.75) is 0 Å². The Morgan fingerprint density at radius 3 is 2.26 bits per heavy atom. The monoisotopic (exact) mass is 252 g/mol. The maximum absolute atomic E-state index is 12.3. The van der Waals surface area contributed by atoms with Gasteiger partial charge in [0, 0.05) is 11.6 Å². The maximum atomic E-state index is 12.3. The second-order valence-corrected chi connectivity index (χ2v) is 3.82. The molecule has 0 fully saturated rings.